The molecule has 18 heavy (non-hydrogen) atoms. The van der Waals surface area contributed by atoms with Gasteiger partial charge in [-0.05, 0) is 48.5 Å². The van der Waals surface area contributed by atoms with Crippen molar-refractivity contribution in [1.29, 1.82) is 0 Å². The Kier molecular flexibility index (Phi) is 5.37. The lowest BCUT2D eigenvalue weighted by Crippen LogP contribution is -2.24. The summed E-state index contributed by atoms with van der Waals surface area (Å²) in [6, 6.07) is 0. The SMILES string of the molecule is CC(=C=CC(=O)OC(C)(C)C)C(=O)OC(C)(C)C. The van der Waals surface area contributed by atoms with E-state index in [0.29, 0.717) is 0 Å². The molecular formula is C14H22O4. The highest BCUT2D eigenvalue weighted by molar-refractivity contribution is 5.89. The summed E-state index contributed by atoms with van der Waals surface area (Å²) in [6.45, 7) is 12.2. The minimum absolute atomic E-state index is 0.232. The molecule has 0 aromatic carbocycles. The van der Waals surface area contributed by atoms with Crippen LogP contribution in [0.25, 0.3) is 0 Å². The minimum Gasteiger partial charge on any atom is -0.456 e. The molecule has 0 amide bonds. The molecule has 0 aliphatic rings. The fourth-order valence-corrected chi connectivity index (χ4v) is 0.912. The smallest absolute Gasteiger partial charge is 0.342 e. The molecular weight excluding hydrogens is 232 g/mol. The third-order valence-corrected chi connectivity index (χ3v) is 1.52. The molecule has 4 heteroatoms. The summed E-state index contributed by atoms with van der Waals surface area (Å²) in [5.41, 5.74) is 1.68. The summed E-state index contributed by atoms with van der Waals surface area (Å²) >= 11 is 0. The summed E-state index contributed by atoms with van der Waals surface area (Å²) in [6.07, 6.45) is 1.10. The maximum Gasteiger partial charge on any atom is 0.342 e. The third-order valence-electron chi connectivity index (χ3n) is 1.52. The largest absolute Gasteiger partial charge is 0.456 e. The molecule has 0 aromatic rings. The first-order valence-electron chi connectivity index (χ1n) is 5.80. The molecule has 0 radical (unpaired) electrons. The predicted octanol–water partition coefficient (Wildman–Crippen LogP) is 2.77. The van der Waals surface area contributed by atoms with Crippen LogP contribution in [0.3, 0.4) is 0 Å². The Bertz CT molecular complexity index is 385. The normalized spacial score (nSPS) is 11.3. The van der Waals surface area contributed by atoms with E-state index in [1.54, 1.807) is 41.5 Å². The van der Waals surface area contributed by atoms with Gasteiger partial charge in [0.1, 0.15) is 11.2 Å². The van der Waals surface area contributed by atoms with Gasteiger partial charge >= 0.3 is 11.9 Å². The van der Waals surface area contributed by atoms with Gasteiger partial charge in [-0.15, -0.1) is 5.73 Å². The topological polar surface area (TPSA) is 52.6 Å². The number of carbonyl (C=O) groups is 2. The molecule has 0 aliphatic carbocycles. The van der Waals surface area contributed by atoms with Gasteiger partial charge < -0.3 is 9.47 Å². The first-order valence-corrected chi connectivity index (χ1v) is 5.80. The lowest BCUT2D eigenvalue weighted by atomic mass is 10.2. The zero-order valence-corrected chi connectivity index (χ0v) is 12.2. The van der Waals surface area contributed by atoms with E-state index in [1.807, 2.05) is 0 Å². The van der Waals surface area contributed by atoms with Crippen LogP contribution in [0.5, 0.6) is 0 Å². The highest BCUT2D eigenvalue weighted by Crippen LogP contribution is 2.10. The van der Waals surface area contributed by atoms with Crippen LogP contribution in [0, 0.1) is 0 Å². The molecule has 0 aliphatic heterocycles. The van der Waals surface area contributed by atoms with E-state index < -0.39 is 23.1 Å². The molecule has 0 aromatic heterocycles. The van der Waals surface area contributed by atoms with Gasteiger partial charge in [0.2, 0.25) is 0 Å². The van der Waals surface area contributed by atoms with E-state index in [-0.39, 0.29) is 5.57 Å². The first kappa shape index (κ1) is 16.5. The van der Waals surface area contributed by atoms with Crippen molar-refractivity contribution in [2.45, 2.75) is 59.7 Å². The molecule has 0 heterocycles. The lowest BCUT2D eigenvalue weighted by molar-refractivity contribution is -0.150. The summed E-state index contributed by atoms with van der Waals surface area (Å²) in [5, 5.41) is 0. The molecule has 0 bridgehead atoms. The van der Waals surface area contributed by atoms with Crippen LogP contribution in [0.15, 0.2) is 17.4 Å². The summed E-state index contributed by atoms with van der Waals surface area (Å²) in [4.78, 5) is 22.9. The molecule has 0 fully saturated rings. The second-order valence-electron chi connectivity index (χ2n) is 5.95. The van der Waals surface area contributed by atoms with Crippen molar-refractivity contribution >= 4 is 11.9 Å². The third kappa shape index (κ3) is 8.59. The number of hydrogen-bond donors (Lipinski definition) is 0. The summed E-state index contributed by atoms with van der Waals surface area (Å²) in [5.74, 6) is -1.03. The van der Waals surface area contributed by atoms with Crippen molar-refractivity contribution in [2.75, 3.05) is 0 Å². The first-order chi connectivity index (χ1) is 7.91. The zero-order valence-electron chi connectivity index (χ0n) is 12.2. The number of carbonyl (C=O) groups excluding carboxylic acids is 2. The van der Waals surface area contributed by atoms with Crippen LogP contribution >= 0.6 is 0 Å². The van der Waals surface area contributed by atoms with Crippen LogP contribution in [-0.2, 0) is 19.1 Å². The lowest BCUT2D eigenvalue weighted by Gasteiger charge is -2.19. The van der Waals surface area contributed by atoms with Crippen LogP contribution in [0.4, 0.5) is 0 Å². The van der Waals surface area contributed by atoms with E-state index in [4.69, 9.17) is 9.47 Å². The van der Waals surface area contributed by atoms with E-state index in [2.05, 4.69) is 5.73 Å². The highest BCUT2D eigenvalue weighted by Gasteiger charge is 2.17. The quantitative estimate of drug-likeness (QED) is 0.432. The number of ether oxygens (including phenoxy) is 2. The average Bonchev–Trinajstić information content (AvgIpc) is 2.08. The Balaban J connectivity index is 4.68. The second kappa shape index (κ2) is 5.87. The standard InChI is InChI=1S/C14H22O4/c1-10(12(16)18-14(5,6)7)8-9-11(15)17-13(2,3)4/h9H,1-7H3. The summed E-state index contributed by atoms with van der Waals surface area (Å²) in [7, 11) is 0. The van der Waals surface area contributed by atoms with Gasteiger partial charge in [0.25, 0.3) is 0 Å². The van der Waals surface area contributed by atoms with Crippen LogP contribution in [0.1, 0.15) is 48.5 Å². The van der Waals surface area contributed by atoms with Crippen molar-refractivity contribution in [1.82, 2.24) is 0 Å². The average molecular weight is 254 g/mol. The Labute approximate surface area is 109 Å². The van der Waals surface area contributed by atoms with Gasteiger partial charge in [-0.1, -0.05) is 0 Å². The maximum atomic E-state index is 11.6. The van der Waals surface area contributed by atoms with E-state index in [1.165, 1.54) is 6.92 Å². The molecule has 0 rings (SSSR count). The minimum atomic E-state index is -0.564. The van der Waals surface area contributed by atoms with Gasteiger partial charge in [-0.3, -0.25) is 0 Å². The molecule has 102 valence electrons. The van der Waals surface area contributed by atoms with Gasteiger partial charge in [-0.2, -0.15) is 0 Å². The summed E-state index contributed by atoms with van der Waals surface area (Å²) < 4.78 is 10.2. The Hall–Kier alpha value is -1.54. The van der Waals surface area contributed by atoms with E-state index >= 15 is 0 Å². The number of hydrogen-bond acceptors (Lipinski definition) is 4. The van der Waals surface area contributed by atoms with Gasteiger partial charge in [0, 0.05) is 0 Å². The number of esters is 2. The molecule has 0 saturated heterocycles. The fourth-order valence-electron chi connectivity index (χ4n) is 0.912. The predicted molar refractivity (Wildman–Crippen MR) is 69.0 cm³/mol. The van der Waals surface area contributed by atoms with Crippen LogP contribution < -0.4 is 0 Å². The monoisotopic (exact) mass is 254 g/mol. The van der Waals surface area contributed by atoms with Crippen LogP contribution in [0.2, 0.25) is 0 Å². The molecule has 0 atom stereocenters. The molecule has 4 nitrogen and oxygen atoms in total. The Morgan fingerprint density at radius 3 is 1.78 bits per heavy atom. The Morgan fingerprint density at radius 1 is 0.944 bits per heavy atom. The van der Waals surface area contributed by atoms with Crippen molar-refractivity contribution in [3.8, 4) is 0 Å². The van der Waals surface area contributed by atoms with Crippen molar-refractivity contribution in [3.63, 3.8) is 0 Å². The molecule has 0 saturated carbocycles. The Morgan fingerprint density at radius 2 is 1.39 bits per heavy atom. The van der Waals surface area contributed by atoms with Gasteiger partial charge in [0.05, 0.1) is 11.6 Å². The molecule has 0 N–H and O–H groups in total. The van der Waals surface area contributed by atoms with Crippen molar-refractivity contribution in [3.05, 3.63) is 17.4 Å². The maximum absolute atomic E-state index is 11.6. The number of rotatable bonds is 2. The van der Waals surface area contributed by atoms with Crippen molar-refractivity contribution < 1.29 is 19.1 Å². The van der Waals surface area contributed by atoms with Gasteiger partial charge in [0.15, 0.2) is 0 Å². The zero-order chi connectivity index (χ0) is 14.6. The second-order valence-corrected chi connectivity index (χ2v) is 5.95. The van der Waals surface area contributed by atoms with Gasteiger partial charge in [-0.25, -0.2) is 9.59 Å². The molecule has 0 spiro atoms. The van der Waals surface area contributed by atoms with E-state index in [0.717, 1.165) is 6.08 Å². The molecule has 0 unspecified atom stereocenters. The van der Waals surface area contributed by atoms with Crippen molar-refractivity contribution in [2.24, 2.45) is 0 Å². The fraction of sp³-hybridized carbons (Fsp3) is 0.643. The van der Waals surface area contributed by atoms with E-state index in [9.17, 15) is 9.59 Å². The van der Waals surface area contributed by atoms with Crippen LogP contribution in [-0.4, -0.2) is 23.1 Å². The highest BCUT2D eigenvalue weighted by atomic mass is 16.6.